The van der Waals surface area contributed by atoms with Crippen LogP contribution in [-0.4, -0.2) is 55.0 Å². The lowest BCUT2D eigenvalue weighted by atomic mass is 9.74. The zero-order valence-electron chi connectivity index (χ0n) is 14.5. The number of amides is 1. The maximum absolute atomic E-state index is 11.9. The predicted octanol–water partition coefficient (Wildman–Crippen LogP) is 2.47. The highest BCUT2D eigenvalue weighted by Gasteiger charge is 2.38. The quantitative estimate of drug-likeness (QED) is 0.749. The Morgan fingerprint density at radius 3 is 2.24 bits per heavy atom. The number of hydrogen-bond acceptors (Lipinski definition) is 3. The van der Waals surface area contributed by atoms with Crippen LogP contribution >= 0.6 is 0 Å². The van der Waals surface area contributed by atoms with Crippen LogP contribution in [0.5, 0.6) is 0 Å². The van der Waals surface area contributed by atoms with Crippen LogP contribution in [-0.2, 0) is 4.79 Å². The number of carbonyl (C=O) groups excluding carboxylic acids is 1. The second-order valence-corrected chi connectivity index (χ2v) is 6.81. The Morgan fingerprint density at radius 2 is 1.81 bits per heavy atom. The standard InChI is InChI=1S/C17H35N3O/c1-5-12-20(13-9-16(21)19(3)4)17(14-18)10-7-15(6-2)8-11-17/h15H,5-14,18H2,1-4H3. The Bertz CT molecular complexity index is 309. The summed E-state index contributed by atoms with van der Waals surface area (Å²) in [4.78, 5) is 16.1. The summed E-state index contributed by atoms with van der Waals surface area (Å²) in [6.07, 6.45) is 7.97. The zero-order valence-corrected chi connectivity index (χ0v) is 14.5. The highest BCUT2D eigenvalue weighted by Crippen LogP contribution is 2.37. The van der Waals surface area contributed by atoms with Gasteiger partial charge in [-0.3, -0.25) is 9.69 Å². The van der Waals surface area contributed by atoms with E-state index >= 15 is 0 Å². The molecule has 4 nitrogen and oxygen atoms in total. The van der Waals surface area contributed by atoms with Crippen LogP contribution in [0.4, 0.5) is 0 Å². The van der Waals surface area contributed by atoms with Crippen molar-refractivity contribution in [1.29, 1.82) is 0 Å². The van der Waals surface area contributed by atoms with Gasteiger partial charge >= 0.3 is 0 Å². The summed E-state index contributed by atoms with van der Waals surface area (Å²) < 4.78 is 0. The van der Waals surface area contributed by atoms with Crippen LogP contribution in [0.2, 0.25) is 0 Å². The molecule has 21 heavy (non-hydrogen) atoms. The summed E-state index contributed by atoms with van der Waals surface area (Å²) >= 11 is 0. The van der Waals surface area contributed by atoms with E-state index in [-0.39, 0.29) is 11.4 Å². The molecule has 4 heteroatoms. The molecule has 1 aliphatic carbocycles. The smallest absolute Gasteiger partial charge is 0.223 e. The van der Waals surface area contributed by atoms with E-state index in [4.69, 9.17) is 5.73 Å². The molecule has 0 bridgehead atoms. The normalized spacial score (nSPS) is 26.1. The molecule has 0 aliphatic heterocycles. The lowest BCUT2D eigenvalue weighted by Crippen LogP contribution is -2.56. The topological polar surface area (TPSA) is 49.6 Å². The molecule has 0 radical (unpaired) electrons. The van der Waals surface area contributed by atoms with Crippen molar-refractivity contribution in [2.75, 3.05) is 33.7 Å². The fourth-order valence-corrected chi connectivity index (χ4v) is 3.58. The van der Waals surface area contributed by atoms with Crippen molar-refractivity contribution < 1.29 is 4.79 Å². The van der Waals surface area contributed by atoms with E-state index in [0.29, 0.717) is 6.42 Å². The van der Waals surface area contributed by atoms with Crippen LogP contribution in [0.25, 0.3) is 0 Å². The molecule has 1 fully saturated rings. The molecule has 1 saturated carbocycles. The van der Waals surface area contributed by atoms with Gasteiger partial charge in [-0.1, -0.05) is 20.3 Å². The van der Waals surface area contributed by atoms with Gasteiger partial charge in [0.15, 0.2) is 0 Å². The molecule has 1 rings (SSSR count). The molecule has 124 valence electrons. The molecule has 0 aromatic carbocycles. The lowest BCUT2D eigenvalue weighted by Gasteiger charge is -2.48. The molecule has 0 aromatic rings. The Labute approximate surface area is 131 Å². The minimum atomic E-state index is 0.133. The Hall–Kier alpha value is -0.610. The molecule has 0 aromatic heterocycles. The fourth-order valence-electron chi connectivity index (χ4n) is 3.58. The summed E-state index contributed by atoms with van der Waals surface area (Å²) in [5.41, 5.74) is 6.32. The molecule has 0 heterocycles. The lowest BCUT2D eigenvalue weighted by molar-refractivity contribution is -0.129. The Balaban J connectivity index is 2.69. The molecule has 1 aliphatic rings. The van der Waals surface area contributed by atoms with E-state index in [1.165, 1.54) is 32.1 Å². The summed E-state index contributed by atoms with van der Waals surface area (Å²) in [5.74, 6) is 1.09. The molecule has 2 N–H and O–H groups in total. The van der Waals surface area contributed by atoms with Gasteiger partial charge in [0.2, 0.25) is 5.91 Å². The average molecular weight is 297 g/mol. The van der Waals surface area contributed by atoms with Gasteiger partial charge in [0.25, 0.3) is 0 Å². The van der Waals surface area contributed by atoms with E-state index in [1.54, 1.807) is 4.90 Å². The SMILES string of the molecule is CCCN(CCC(=O)N(C)C)C1(CN)CCC(CC)CC1. The van der Waals surface area contributed by atoms with Crippen LogP contribution in [0.15, 0.2) is 0 Å². The highest BCUT2D eigenvalue weighted by molar-refractivity contribution is 5.75. The Kier molecular flexibility index (Phi) is 7.67. The number of rotatable bonds is 8. The van der Waals surface area contributed by atoms with E-state index in [0.717, 1.165) is 32.0 Å². The van der Waals surface area contributed by atoms with Gasteiger partial charge in [-0.2, -0.15) is 0 Å². The van der Waals surface area contributed by atoms with Crippen LogP contribution < -0.4 is 5.73 Å². The first-order valence-electron chi connectivity index (χ1n) is 8.64. The fraction of sp³-hybridized carbons (Fsp3) is 0.941. The van der Waals surface area contributed by atoms with Crippen molar-refractivity contribution in [2.24, 2.45) is 11.7 Å². The van der Waals surface area contributed by atoms with E-state index in [1.807, 2.05) is 14.1 Å². The summed E-state index contributed by atoms with van der Waals surface area (Å²) in [7, 11) is 3.66. The van der Waals surface area contributed by atoms with Crippen LogP contribution in [0, 0.1) is 5.92 Å². The minimum absolute atomic E-state index is 0.133. The largest absolute Gasteiger partial charge is 0.349 e. The first-order valence-corrected chi connectivity index (χ1v) is 8.64. The second kappa shape index (κ2) is 8.74. The van der Waals surface area contributed by atoms with Crippen LogP contribution in [0.3, 0.4) is 0 Å². The van der Waals surface area contributed by atoms with E-state index in [9.17, 15) is 4.79 Å². The third-order valence-electron chi connectivity index (χ3n) is 5.25. The maximum atomic E-state index is 11.9. The van der Waals surface area contributed by atoms with Crippen molar-refractivity contribution in [3.05, 3.63) is 0 Å². The molecule has 0 spiro atoms. The number of carbonyl (C=O) groups is 1. The first kappa shape index (κ1) is 18.4. The Morgan fingerprint density at radius 1 is 1.19 bits per heavy atom. The van der Waals surface area contributed by atoms with Gasteiger partial charge in [-0.15, -0.1) is 0 Å². The molecular weight excluding hydrogens is 262 g/mol. The van der Waals surface area contributed by atoms with E-state index in [2.05, 4.69) is 18.7 Å². The molecule has 0 atom stereocenters. The molecule has 1 amide bonds. The third kappa shape index (κ3) is 4.96. The maximum Gasteiger partial charge on any atom is 0.223 e. The van der Waals surface area contributed by atoms with Gasteiger partial charge in [-0.05, 0) is 44.6 Å². The average Bonchev–Trinajstić information content (AvgIpc) is 2.51. The van der Waals surface area contributed by atoms with Crippen molar-refractivity contribution in [1.82, 2.24) is 9.80 Å². The molecule has 0 saturated heterocycles. The summed E-state index contributed by atoms with van der Waals surface area (Å²) in [6, 6.07) is 0. The monoisotopic (exact) mass is 297 g/mol. The summed E-state index contributed by atoms with van der Waals surface area (Å²) in [5, 5.41) is 0. The number of nitrogens with two attached hydrogens (primary N) is 1. The van der Waals surface area contributed by atoms with Crippen molar-refractivity contribution >= 4 is 5.91 Å². The van der Waals surface area contributed by atoms with Gasteiger partial charge in [-0.25, -0.2) is 0 Å². The van der Waals surface area contributed by atoms with Gasteiger partial charge in [0.1, 0.15) is 0 Å². The third-order valence-corrected chi connectivity index (χ3v) is 5.25. The van der Waals surface area contributed by atoms with Gasteiger partial charge in [0.05, 0.1) is 0 Å². The summed E-state index contributed by atoms with van der Waals surface area (Å²) in [6.45, 7) is 7.12. The van der Waals surface area contributed by atoms with Gasteiger partial charge < -0.3 is 10.6 Å². The number of hydrogen-bond donors (Lipinski definition) is 1. The highest BCUT2D eigenvalue weighted by atomic mass is 16.2. The first-order chi connectivity index (χ1) is 9.99. The minimum Gasteiger partial charge on any atom is -0.349 e. The van der Waals surface area contributed by atoms with Crippen molar-refractivity contribution in [3.8, 4) is 0 Å². The van der Waals surface area contributed by atoms with E-state index < -0.39 is 0 Å². The van der Waals surface area contributed by atoms with Gasteiger partial charge in [0, 0.05) is 39.1 Å². The van der Waals surface area contributed by atoms with Crippen molar-refractivity contribution in [2.45, 2.75) is 64.3 Å². The zero-order chi connectivity index (χ0) is 15.9. The van der Waals surface area contributed by atoms with Crippen LogP contribution in [0.1, 0.15) is 58.8 Å². The molecule has 0 unspecified atom stereocenters. The second-order valence-electron chi connectivity index (χ2n) is 6.81. The molecular formula is C17H35N3O. The number of nitrogens with zero attached hydrogens (tertiary/aromatic N) is 2. The van der Waals surface area contributed by atoms with Crippen molar-refractivity contribution in [3.63, 3.8) is 0 Å². The predicted molar refractivity (Wildman–Crippen MR) is 89.2 cm³/mol.